The third-order valence-corrected chi connectivity index (χ3v) is 2.67. The van der Waals surface area contributed by atoms with Gasteiger partial charge in [0.25, 0.3) is 0 Å². The Hall–Kier alpha value is -0.640. The minimum absolute atomic E-state index is 0.243. The standard InChI is InChI=1S/C10H13ClFNO/c1-10(6-13,14-2)8-5-7(12)3-4-9(8)11/h3-5H,6,13H2,1-2H3. The Morgan fingerprint density at radius 3 is 2.71 bits per heavy atom. The van der Waals surface area contributed by atoms with Crippen molar-refractivity contribution in [3.63, 3.8) is 0 Å². The molecule has 14 heavy (non-hydrogen) atoms. The van der Waals surface area contributed by atoms with Crippen LogP contribution in [0, 0.1) is 5.82 Å². The van der Waals surface area contributed by atoms with Crippen molar-refractivity contribution in [2.45, 2.75) is 12.5 Å². The molecule has 1 unspecified atom stereocenters. The number of methoxy groups -OCH3 is 1. The van der Waals surface area contributed by atoms with E-state index in [1.165, 1.54) is 25.3 Å². The molecular formula is C10H13ClFNO. The summed E-state index contributed by atoms with van der Waals surface area (Å²) in [4.78, 5) is 0. The van der Waals surface area contributed by atoms with Crippen LogP contribution in [0.25, 0.3) is 0 Å². The Bertz CT molecular complexity index is 326. The zero-order chi connectivity index (χ0) is 10.8. The number of nitrogens with two attached hydrogens (primary N) is 1. The summed E-state index contributed by atoms with van der Waals surface area (Å²) in [5, 5.41) is 0.459. The lowest BCUT2D eigenvalue weighted by Gasteiger charge is -2.27. The van der Waals surface area contributed by atoms with E-state index in [4.69, 9.17) is 22.1 Å². The van der Waals surface area contributed by atoms with Gasteiger partial charge < -0.3 is 10.5 Å². The molecule has 0 amide bonds. The van der Waals surface area contributed by atoms with E-state index in [-0.39, 0.29) is 12.4 Å². The monoisotopic (exact) mass is 217 g/mol. The third-order valence-electron chi connectivity index (χ3n) is 2.34. The van der Waals surface area contributed by atoms with Crippen LogP contribution >= 0.6 is 11.6 Å². The van der Waals surface area contributed by atoms with Crippen molar-refractivity contribution in [3.8, 4) is 0 Å². The molecule has 0 bridgehead atoms. The van der Waals surface area contributed by atoms with Crippen LogP contribution in [0.1, 0.15) is 12.5 Å². The maximum atomic E-state index is 13.0. The summed E-state index contributed by atoms with van der Waals surface area (Å²) in [5.74, 6) is -0.346. The van der Waals surface area contributed by atoms with Crippen molar-refractivity contribution in [1.82, 2.24) is 0 Å². The Labute approximate surface area is 87.8 Å². The van der Waals surface area contributed by atoms with Gasteiger partial charge in [0.15, 0.2) is 0 Å². The minimum Gasteiger partial charge on any atom is -0.372 e. The lowest BCUT2D eigenvalue weighted by Crippen LogP contribution is -2.34. The maximum Gasteiger partial charge on any atom is 0.123 e. The summed E-state index contributed by atoms with van der Waals surface area (Å²) in [6.07, 6.45) is 0. The summed E-state index contributed by atoms with van der Waals surface area (Å²) in [5.41, 5.74) is 5.40. The molecule has 2 nitrogen and oxygen atoms in total. The van der Waals surface area contributed by atoms with Crippen molar-refractivity contribution in [2.24, 2.45) is 5.73 Å². The highest BCUT2D eigenvalue weighted by Crippen LogP contribution is 2.30. The van der Waals surface area contributed by atoms with Crippen LogP contribution in [-0.4, -0.2) is 13.7 Å². The second-order valence-corrected chi connectivity index (χ2v) is 3.67. The van der Waals surface area contributed by atoms with Gasteiger partial charge in [0.1, 0.15) is 11.4 Å². The molecule has 0 radical (unpaired) electrons. The summed E-state index contributed by atoms with van der Waals surface area (Å²) >= 11 is 5.94. The third kappa shape index (κ3) is 2.05. The predicted octanol–water partition coefficient (Wildman–Crippen LogP) is 2.30. The van der Waals surface area contributed by atoms with Gasteiger partial charge in [-0.2, -0.15) is 0 Å². The van der Waals surface area contributed by atoms with Crippen molar-refractivity contribution in [2.75, 3.05) is 13.7 Å². The topological polar surface area (TPSA) is 35.2 Å². The highest BCUT2D eigenvalue weighted by atomic mass is 35.5. The van der Waals surface area contributed by atoms with Gasteiger partial charge in [0.2, 0.25) is 0 Å². The molecule has 2 N–H and O–H groups in total. The molecule has 0 aliphatic heterocycles. The van der Waals surface area contributed by atoms with Crippen LogP contribution in [0.2, 0.25) is 5.02 Å². The fourth-order valence-electron chi connectivity index (χ4n) is 1.21. The van der Waals surface area contributed by atoms with Gasteiger partial charge in [-0.25, -0.2) is 4.39 Å². The molecule has 1 aromatic carbocycles. The molecule has 0 fully saturated rings. The predicted molar refractivity (Wildman–Crippen MR) is 54.8 cm³/mol. The minimum atomic E-state index is -0.737. The number of rotatable bonds is 3. The Morgan fingerprint density at radius 2 is 2.21 bits per heavy atom. The molecule has 1 aromatic rings. The van der Waals surface area contributed by atoms with Crippen molar-refractivity contribution < 1.29 is 9.13 Å². The molecule has 0 spiro atoms. The van der Waals surface area contributed by atoms with E-state index in [2.05, 4.69) is 0 Å². The number of hydrogen-bond donors (Lipinski definition) is 1. The first-order valence-electron chi connectivity index (χ1n) is 4.24. The van der Waals surface area contributed by atoms with Crippen LogP contribution < -0.4 is 5.73 Å². The fraction of sp³-hybridized carbons (Fsp3) is 0.400. The molecule has 1 atom stereocenters. The van der Waals surface area contributed by atoms with Gasteiger partial charge in [0.05, 0.1) is 0 Å². The van der Waals surface area contributed by atoms with E-state index in [1.54, 1.807) is 6.92 Å². The highest BCUT2D eigenvalue weighted by molar-refractivity contribution is 6.31. The van der Waals surface area contributed by atoms with E-state index in [1.807, 2.05) is 0 Å². The maximum absolute atomic E-state index is 13.0. The number of benzene rings is 1. The van der Waals surface area contributed by atoms with Gasteiger partial charge in [-0.3, -0.25) is 0 Å². The average molecular weight is 218 g/mol. The highest BCUT2D eigenvalue weighted by Gasteiger charge is 2.27. The lowest BCUT2D eigenvalue weighted by molar-refractivity contribution is 0.00993. The Kier molecular flexibility index (Phi) is 3.48. The molecule has 78 valence electrons. The molecule has 0 saturated carbocycles. The van der Waals surface area contributed by atoms with Crippen LogP contribution in [0.3, 0.4) is 0 Å². The lowest BCUT2D eigenvalue weighted by atomic mass is 9.96. The van der Waals surface area contributed by atoms with E-state index in [9.17, 15) is 4.39 Å². The first-order chi connectivity index (χ1) is 6.53. The zero-order valence-corrected chi connectivity index (χ0v) is 8.94. The van der Waals surface area contributed by atoms with Crippen molar-refractivity contribution >= 4 is 11.6 Å². The number of ether oxygens (including phenoxy) is 1. The van der Waals surface area contributed by atoms with E-state index < -0.39 is 5.60 Å². The summed E-state index contributed by atoms with van der Waals surface area (Å²) in [6.45, 7) is 2.01. The summed E-state index contributed by atoms with van der Waals surface area (Å²) in [7, 11) is 1.52. The molecule has 0 heterocycles. The van der Waals surface area contributed by atoms with Crippen LogP contribution in [0.4, 0.5) is 4.39 Å². The zero-order valence-electron chi connectivity index (χ0n) is 8.18. The van der Waals surface area contributed by atoms with E-state index >= 15 is 0 Å². The second-order valence-electron chi connectivity index (χ2n) is 3.26. The van der Waals surface area contributed by atoms with Gasteiger partial charge in [-0.15, -0.1) is 0 Å². The molecule has 1 rings (SSSR count). The van der Waals surface area contributed by atoms with Crippen molar-refractivity contribution in [1.29, 1.82) is 0 Å². The van der Waals surface area contributed by atoms with Gasteiger partial charge in [0, 0.05) is 24.2 Å². The first-order valence-corrected chi connectivity index (χ1v) is 4.62. The Balaban J connectivity index is 3.22. The SMILES string of the molecule is COC(C)(CN)c1cc(F)ccc1Cl. The molecule has 0 aliphatic rings. The molecule has 0 aliphatic carbocycles. The smallest absolute Gasteiger partial charge is 0.123 e. The average Bonchev–Trinajstić information content (AvgIpc) is 2.20. The van der Waals surface area contributed by atoms with Crippen molar-refractivity contribution in [3.05, 3.63) is 34.6 Å². The normalized spacial score (nSPS) is 15.2. The fourth-order valence-corrected chi connectivity index (χ4v) is 1.52. The van der Waals surface area contributed by atoms with Crippen LogP contribution in [-0.2, 0) is 10.3 Å². The number of halogens is 2. The van der Waals surface area contributed by atoms with Gasteiger partial charge >= 0.3 is 0 Å². The van der Waals surface area contributed by atoms with Crippen LogP contribution in [0.15, 0.2) is 18.2 Å². The largest absolute Gasteiger partial charge is 0.372 e. The number of hydrogen-bond acceptors (Lipinski definition) is 2. The first kappa shape index (κ1) is 11.4. The summed E-state index contributed by atoms with van der Waals surface area (Å²) < 4.78 is 18.2. The molecule has 0 aromatic heterocycles. The van der Waals surface area contributed by atoms with Crippen LogP contribution in [0.5, 0.6) is 0 Å². The Morgan fingerprint density at radius 1 is 1.57 bits per heavy atom. The van der Waals surface area contributed by atoms with Gasteiger partial charge in [-0.05, 0) is 25.1 Å². The summed E-state index contributed by atoms with van der Waals surface area (Å²) in [6, 6.07) is 4.15. The molecule has 0 saturated heterocycles. The molecule has 4 heteroatoms. The van der Waals surface area contributed by atoms with E-state index in [0.29, 0.717) is 10.6 Å². The van der Waals surface area contributed by atoms with Gasteiger partial charge in [-0.1, -0.05) is 11.6 Å². The second kappa shape index (κ2) is 4.26. The van der Waals surface area contributed by atoms with E-state index in [0.717, 1.165) is 0 Å². The molecular weight excluding hydrogens is 205 g/mol. The quantitative estimate of drug-likeness (QED) is 0.843.